The Bertz CT molecular complexity index is 3990. The predicted molar refractivity (Wildman–Crippen MR) is 326 cm³/mol. The molecular weight excluding hydrogens is 921 g/mol. The van der Waals surface area contributed by atoms with E-state index in [0.717, 1.165) is 117 Å². The topological polar surface area (TPSA) is 19.6 Å². The Kier molecular flexibility index (Phi) is 14.0. The molecule has 0 aliphatic rings. The van der Waals surface area contributed by atoms with Crippen LogP contribution in [0.2, 0.25) is 0 Å². The highest BCUT2D eigenvalue weighted by atomic mass is 16.3. The van der Waals surface area contributed by atoms with E-state index in [1.165, 1.54) is 5.56 Å². The molecule has 3 nitrogen and oxygen atoms in total. The summed E-state index contributed by atoms with van der Waals surface area (Å²) in [6.07, 6.45) is 13.7. The lowest BCUT2D eigenvalue weighted by Crippen LogP contribution is -2.10. The molecule has 3 heteroatoms. The van der Waals surface area contributed by atoms with Crippen molar-refractivity contribution in [3.05, 3.63) is 316 Å². The van der Waals surface area contributed by atoms with Gasteiger partial charge in [-0.1, -0.05) is 232 Å². The Morgan fingerprint density at radius 1 is 0.368 bits per heavy atom. The Morgan fingerprint density at radius 3 is 1.22 bits per heavy atom. The van der Waals surface area contributed by atoms with Crippen LogP contribution in [0.25, 0.3) is 77.6 Å². The van der Waals surface area contributed by atoms with Crippen molar-refractivity contribution in [3.63, 3.8) is 0 Å². The second kappa shape index (κ2) is 22.0. The molecule has 0 fully saturated rings. The molecule has 0 spiro atoms. The molecule has 10 aromatic carbocycles. The highest BCUT2D eigenvalue weighted by Crippen LogP contribution is 2.44. The Labute approximate surface area is 446 Å². The summed E-state index contributed by atoms with van der Waals surface area (Å²) >= 11 is 0. The van der Waals surface area contributed by atoms with Crippen LogP contribution >= 0.6 is 0 Å². The smallest absolute Gasteiger partial charge is 0.143 e. The van der Waals surface area contributed by atoms with Crippen molar-refractivity contribution >= 4 is 67.2 Å². The quantitative estimate of drug-likeness (QED) is 0.0900. The molecule has 0 amide bonds. The van der Waals surface area contributed by atoms with Crippen molar-refractivity contribution in [1.29, 1.82) is 0 Å². The summed E-state index contributed by atoms with van der Waals surface area (Å²) in [5.41, 5.74) is 21.1. The molecule has 76 heavy (non-hydrogen) atoms. The maximum Gasteiger partial charge on any atom is 0.143 e. The second-order valence-electron chi connectivity index (χ2n) is 18.6. The number of anilines is 6. The van der Waals surface area contributed by atoms with E-state index in [-0.39, 0.29) is 0 Å². The van der Waals surface area contributed by atoms with Gasteiger partial charge in [-0.15, -0.1) is 0 Å². The first-order chi connectivity index (χ1) is 37.5. The molecule has 0 saturated carbocycles. The average molecular weight is 977 g/mol. The zero-order valence-corrected chi connectivity index (χ0v) is 42.6. The van der Waals surface area contributed by atoms with Crippen LogP contribution in [0.4, 0.5) is 34.1 Å². The Hall–Kier alpha value is -9.96. The number of nitrogens with zero attached hydrogens (tertiary/aromatic N) is 2. The number of furan rings is 1. The summed E-state index contributed by atoms with van der Waals surface area (Å²) in [5, 5.41) is 2.15. The van der Waals surface area contributed by atoms with Crippen molar-refractivity contribution in [2.24, 2.45) is 0 Å². The molecule has 0 aliphatic heterocycles. The van der Waals surface area contributed by atoms with Gasteiger partial charge in [0, 0.05) is 56.0 Å². The molecule has 0 saturated heterocycles. The summed E-state index contributed by atoms with van der Waals surface area (Å²) in [6, 6.07) is 86.5. The van der Waals surface area contributed by atoms with Gasteiger partial charge in [-0.2, -0.15) is 0 Å². The van der Waals surface area contributed by atoms with E-state index in [9.17, 15) is 0 Å². The standard InChI is InChI=1S/C73H56N2O/c1-5-9-23-53(8-4)59-29-17-33-65(49-59)75(67-35-19-31-61(51-67)55-26-14-11-15-27-55)63-46-42-57(43-47-63)69-37-21-39-71-70-38-20-36-68(72(70)76-73(69)71)56-40-44-62(45-41-56)74(64-32-16-28-58(48-64)52(7-3)22-6-2)66-34-18-30-60(50-66)54-24-12-10-13-25-54/h5-51H,1-3H2,4H3/b23-9-,52-22+,53-8+. The molecule has 0 unspecified atom stereocenters. The normalized spacial score (nSPS) is 11.8. The van der Waals surface area contributed by atoms with Gasteiger partial charge >= 0.3 is 0 Å². The molecule has 0 bridgehead atoms. The molecule has 1 aromatic heterocycles. The maximum absolute atomic E-state index is 7.05. The Balaban J connectivity index is 0.961. The molecule has 1 heterocycles. The first-order valence-electron chi connectivity index (χ1n) is 25.7. The number of hydrogen-bond donors (Lipinski definition) is 0. The third kappa shape index (κ3) is 9.81. The minimum atomic E-state index is 0.855. The van der Waals surface area contributed by atoms with E-state index in [1.54, 1.807) is 6.08 Å². The van der Waals surface area contributed by atoms with Gasteiger partial charge in [0.15, 0.2) is 0 Å². The van der Waals surface area contributed by atoms with Crippen molar-refractivity contribution in [2.75, 3.05) is 9.80 Å². The first-order valence-corrected chi connectivity index (χ1v) is 25.7. The van der Waals surface area contributed by atoms with Crippen LogP contribution in [0.15, 0.2) is 309 Å². The van der Waals surface area contributed by atoms with Crippen LogP contribution in [0.5, 0.6) is 0 Å². The molecule has 0 N–H and O–H groups in total. The van der Waals surface area contributed by atoms with E-state index >= 15 is 0 Å². The minimum absolute atomic E-state index is 0.855. The fraction of sp³-hybridized carbons (Fsp3) is 0.0137. The number of hydrogen-bond acceptors (Lipinski definition) is 3. The average Bonchev–Trinajstić information content (AvgIpc) is 3.88. The van der Waals surface area contributed by atoms with Crippen LogP contribution in [0.3, 0.4) is 0 Å². The minimum Gasteiger partial charge on any atom is -0.455 e. The second-order valence-corrected chi connectivity index (χ2v) is 18.6. The molecule has 11 aromatic rings. The zero-order valence-electron chi connectivity index (χ0n) is 42.6. The highest BCUT2D eigenvalue weighted by Gasteiger charge is 2.20. The van der Waals surface area contributed by atoms with Gasteiger partial charge in [0.1, 0.15) is 11.2 Å². The summed E-state index contributed by atoms with van der Waals surface area (Å²) < 4.78 is 7.05. The summed E-state index contributed by atoms with van der Waals surface area (Å²) in [7, 11) is 0. The molecule has 0 radical (unpaired) electrons. The van der Waals surface area contributed by atoms with Crippen LogP contribution < -0.4 is 9.80 Å². The molecule has 0 aliphatic carbocycles. The lowest BCUT2D eigenvalue weighted by molar-refractivity contribution is 0.671. The molecular formula is C73H56N2O. The van der Waals surface area contributed by atoms with Gasteiger partial charge in [-0.3, -0.25) is 0 Å². The number of rotatable bonds is 16. The van der Waals surface area contributed by atoms with E-state index in [0.29, 0.717) is 0 Å². The van der Waals surface area contributed by atoms with Gasteiger partial charge in [0.25, 0.3) is 0 Å². The van der Waals surface area contributed by atoms with Crippen molar-refractivity contribution in [2.45, 2.75) is 6.92 Å². The van der Waals surface area contributed by atoms with Crippen molar-refractivity contribution in [1.82, 2.24) is 0 Å². The lowest BCUT2D eigenvalue weighted by Gasteiger charge is -2.27. The van der Waals surface area contributed by atoms with Gasteiger partial charge < -0.3 is 14.2 Å². The maximum atomic E-state index is 7.05. The lowest BCUT2D eigenvalue weighted by atomic mass is 9.99. The van der Waals surface area contributed by atoms with Gasteiger partial charge in [0.2, 0.25) is 0 Å². The fourth-order valence-electron chi connectivity index (χ4n) is 10.2. The molecule has 0 atom stereocenters. The van der Waals surface area contributed by atoms with Crippen LogP contribution in [-0.2, 0) is 0 Å². The van der Waals surface area contributed by atoms with E-state index in [1.807, 2.05) is 24.3 Å². The Morgan fingerprint density at radius 2 is 0.789 bits per heavy atom. The zero-order chi connectivity index (χ0) is 51.8. The summed E-state index contributed by atoms with van der Waals surface area (Å²) in [4.78, 5) is 4.65. The monoisotopic (exact) mass is 976 g/mol. The van der Waals surface area contributed by atoms with Gasteiger partial charge in [0.05, 0.1) is 0 Å². The number of fused-ring (bicyclic) bond motifs is 3. The number of para-hydroxylation sites is 2. The van der Waals surface area contributed by atoms with Crippen LogP contribution in [-0.4, -0.2) is 0 Å². The highest BCUT2D eigenvalue weighted by molar-refractivity contribution is 6.13. The third-order valence-corrected chi connectivity index (χ3v) is 13.9. The molecule has 11 rings (SSSR count). The number of benzene rings is 10. The van der Waals surface area contributed by atoms with Crippen molar-refractivity contribution < 1.29 is 4.42 Å². The van der Waals surface area contributed by atoms with E-state index in [2.05, 4.69) is 291 Å². The van der Waals surface area contributed by atoms with Gasteiger partial charge in [-0.05, 0) is 135 Å². The largest absolute Gasteiger partial charge is 0.455 e. The first kappa shape index (κ1) is 48.3. The van der Waals surface area contributed by atoms with Crippen LogP contribution in [0, 0.1) is 0 Å². The third-order valence-electron chi connectivity index (χ3n) is 13.9. The summed E-state index contributed by atoms with van der Waals surface area (Å²) in [5.74, 6) is 0. The SMILES string of the molecule is C=C/C=C\C(=C/C)c1cccc(N(c2ccc(-c3cccc4c3oc3c(-c5ccc(N(c6cccc(/C(C=C)=C/C=C)c6)c6cccc(-c7ccccc7)c6)cc5)cccc34)cc2)c2cccc(-c3ccccc3)c2)c1. The van der Waals surface area contributed by atoms with E-state index in [4.69, 9.17) is 4.42 Å². The summed E-state index contributed by atoms with van der Waals surface area (Å²) in [6.45, 7) is 14.0. The number of allylic oxidation sites excluding steroid dienone is 9. The predicted octanol–water partition coefficient (Wildman–Crippen LogP) is 21.1. The van der Waals surface area contributed by atoms with Crippen molar-refractivity contribution in [3.8, 4) is 44.5 Å². The van der Waals surface area contributed by atoms with Crippen LogP contribution in [0.1, 0.15) is 18.1 Å². The van der Waals surface area contributed by atoms with Gasteiger partial charge in [-0.25, -0.2) is 0 Å². The van der Waals surface area contributed by atoms with E-state index < -0.39 is 0 Å². The fourth-order valence-corrected chi connectivity index (χ4v) is 10.2. The molecule has 364 valence electrons.